The highest BCUT2D eigenvalue weighted by Gasteiger charge is 2.14. The average Bonchev–Trinajstić information content (AvgIpc) is 2.95. The van der Waals surface area contributed by atoms with Crippen LogP contribution in [0.2, 0.25) is 0 Å². The van der Waals surface area contributed by atoms with Crippen LogP contribution in [-0.2, 0) is 19.4 Å². The van der Waals surface area contributed by atoms with Crippen molar-refractivity contribution < 1.29 is 5.11 Å². The minimum absolute atomic E-state index is 0.454. The molecule has 1 aliphatic rings. The highest BCUT2D eigenvalue weighted by molar-refractivity contribution is 5.36. The molecule has 1 atom stereocenters. The molecular weight excluding hydrogens is 248 g/mol. The van der Waals surface area contributed by atoms with Gasteiger partial charge in [0.15, 0.2) is 0 Å². The molecule has 1 aromatic carbocycles. The van der Waals surface area contributed by atoms with Gasteiger partial charge in [-0.1, -0.05) is 24.3 Å². The van der Waals surface area contributed by atoms with E-state index < -0.39 is 6.10 Å². The number of rotatable bonds is 5. The third-order valence-corrected chi connectivity index (χ3v) is 3.88. The quantitative estimate of drug-likeness (QED) is 0.875. The summed E-state index contributed by atoms with van der Waals surface area (Å²) >= 11 is 0. The van der Waals surface area contributed by atoms with Gasteiger partial charge < -0.3 is 10.4 Å². The van der Waals surface area contributed by atoms with Gasteiger partial charge in [-0.2, -0.15) is 0 Å². The Morgan fingerprint density at radius 1 is 1.15 bits per heavy atom. The smallest absolute Gasteiger partial charge is 0.0914 e. The summed E-state index contributed by atoms with van der Waals surface area (Å²) in [6.07, 6.45) is 4.91. The second-order valence-electron chi connectivity index (χ2n) is 5.35. The van der Waals surface area contributed by atoms with E-state index in [2.05, 4.69) is 28.5 Å². The summed E-state index contributed by atoms with van der Waals surface area (Å²) in [6, 6.07) is 12.2. The van der Waals surface area contributed by atoms with Gasteiger partial charge in [0.2, 0.25) is 0 Å². The van der Waals surface area contributed by atoms with Crippen molar-refractivity contribution in [3.05, 3.63) is 65.0 Å². The van der Waals surface area contributed by atoms with Crippen LogP contribution in [0.1, 0.15) is 34.9 Å². The zero-order chi connectivity index (χ0) is 13.8. The summed E-state index contributed by atoms with van der Waals surface area (Å²) in [5, 5.41) is 13.5. The number of pyridine rings is 1. The van der Waals surface area contributed by atoms with E-state index in [0.29, 0.717) is 13.1 Å². The maximum Gasteiger partial charge on any atom is 0.0914 e. The normalized spacial score (nSPS) is 15.1. The van der Waals surface area contributed by atoms with Gasteiger partial charge in [0.1, 0.15) is 0 Å². The zero-order valence-electron chi connectivity index (χ0n) is 11.5. The second-order valence-corrected chi connectivity index (χ2v) is 5.35. The molecule has 2 N–H and O–H groups in total. The number of fused-ring (bicyclic) bond motifs is 1. The Bertz CT molecular complexity index is 568. The largest absolute Gasteiger partial charge is 0.387 e. The van der Waals surface area contributed by atoms with E-state index in [-0.39, 0.29) is 0 Å². The van der Waals surface area contributed by atoms with Crippen LogP contribution in [0.5, 0.6) is 0 Å². The van der Waals surface area contributed by atoms with Crippen LogP contribution in [0.4, 0.5) is 0 Å². The van der Waals surface area contributed by atoms with E-state index in [0.717, 1.165) is 17.7 Å². The lowest BCUT2D eigenvalue weighted by atomic mass is 10.0. The predicted molar refractivity (Wildman–Crippen MR) is 79.4 cm³/mol. The lowest BCUT2D eigenvalue weighted by Crippen LogP contribution is -2.21. The van der Waals surface area contributed by atoms with Gasteiger partial charge in [0.25, 0.3) is 0 Å². The predicted octanol–water partition coefficient (Wildman–Crippen LogP) is 2.39. The van der Waals surface area contributed by atoms with Crippen molar-refractivity contribution in [3.63, 3.8) is 0 Å². The number of benzene rings is 1. The van der Waals surface area contributed by atoms with E-state index in [1.54, 1.807) is 6.20 Å². The van der Waals surface area contributed by atoms with Crippen LogP contribution in [0, 0.1) is 0 Å². The van der Waals surface area contributed by atoms with Crippen molar-refractivity contribution in [2.75, 3.05) is 6.54 Å². The van der Waals surface area contributed by atoms with E-state index >= 15 is 0 Å². The van der Waals surface area contributed by atoms with Gasteiger partial charge in [0, 0.05) is 19.3 Å². The van der Waals surface area contributed by atoms with Gasteiger partial charge in [-0.25, -0.2) is 0 Å². The van der Waals surface area contributed by atoms with Gasteiger partial charge in [-0.05, 0) is 48.1 Å². The molecule has 0 amide bonds. The first-order chi connectivity index (χ1) is 9.83. The highest BCUT2D eigenvalue weighted by Crippen LogP contribution is 2.25. The maximum absolute atomic E-state index is 10.2. The number of aromatic nitrogens is 1. The summed E-state index contributed by atoms with van der Waals surface area (Å²) in [7, 11) is 0. The summed E-state index contributed by atoms with van der Waals surface area (Å²) in [4.78, 5) is 4.25. The summed E-state index contributed by atoms with van der Waals surface area (Å²) in [6.45, 7) is 1.23. The van der Waals surface area contributed by atoms with E-state index in [4.69, 9.17) is 0 Å². The molecule has 0 aliphatic heterocycles. The van der Waals surface area contributed by atoms with Crippen molar-refractivity contribution in [2.45, 2.75) is 31.9 Å². The van der Waals surface area contributed by atoms with Crippen LogP contribution >= 0.6 is 0 Å². The first-order valence-electron chi connectivity index (χ1n) is 7.23. The number of aryl methyl sites for hydroxylation is 2. The number of aliphatic hydroxyl groups is 1. The van der Waals surface area contributed by atoms with Gasteiger partial charge in [-0.3, -0.25) is 4.98 Å². The van der Waals surface area contributed by atoms with Crippen LogP contribution in [0.15, 0.2) is 42.6 Å². The molecule has 0 spiro atoms. The molecule has 0 bridgehead atoms. The first kappa shape index (κ1) is 13.3. The molecule has 3 rings (SSSR count). The Morgan fingerprint density at radius 3 is 2.90 bits per heavy atom. The fourth-order valence-corrected chi connectivity index (χ4v) is 2.76. The molecule has 0 saturated heterocycles. The molecule has 0 fully saturated rings. The first-order valence-corrected chi connectivity index (χ1v) is 7.23. The number of hydrogen-bond donors (Lipinski definition) is 2. The topological polar surface area (TPSA) is 45.1 Å². The molecule has 0 radical (unpaired) electrons. The Morgan fingerprint density at radius 2 is 2.05 bits per heavy atom. The van der Waals surface area contributed by atoms with Crippen LogP contribution in [0.3, 0.4) is 0 Å². The van der Waals surface area contributed by atoms with Crippen molar-refractivity contribution in [1.29, 1.82) is 0 Å². The molecule has 1 unspecified atom stereocenters. The highest BCUT2D eigenvalue weighted by atomic mass is 16.3. The molecule has 1 aliphatic carbocycles. The van der Waals surface area contributed by atoms with E-state index in [9.17, 15) is 5.11 Å². The molecule has 1 heterocycles. The molecule has 0 saturated carbocycles. The molecule has 104 valence electrons. The minimum atomic E-state index is -0.454. The maximum atomic E-state index is 10.2. The molecule has 3 nitrogen and oxygen atoms in total. The lowest BCUT2D eigenvalue weighted by Gasteiger charge is -2.13. The van der Waals surface area contributed by atoms with Gasteiger partial charge in [-0.15, -0.1) is 0 Å². The monoisotopic (exact) mass is 268 g/mol. The Kier molecular flexibility index (Phi) is 4.09. The Hall–Kier alpha value is -1.71. The fraction of sp³-hybridized carbons (Fsp3) is 0.353. The summed E-state index contributed by atoms with van der Waals surface area (Å²) in [5.41, 5.74) is 4.86. The van der Waals surface area contributed by atoms with Crippen LogP contribution in [-0.4, -0.2) is 16.6 Å². The molecular formula is C17H20N2O. The molecule has 1 aromatic heterocycles. The zero-order valence-corrected chi connectivity index (χ0v) is 11.5. The van der Waals surface area contributed by atoms with Crippen molar-refractivity contribution in [1.82, 2.24) is 10.3 Å². The SMILES string of the molecule is OC(CNCc1ccccn1)c1ccc2c(c1)CCC2. The fourth-order valence-electron chi connectivity index (χ4n) is 2.76. The molecule has 20 heavy (non-hydrogen) atoms. The standard InChI is InChI=1S/C17H20N2O/c20-17(12-18-11-16-6-1-2-9-19-16)15-8-7-13-4-3-5-14(13)10-15/h1-2,6-10,17-18,20H,3-5,11-12H2. The van der Waals surface area contributed by atoms with Gasteiger partial charge >= 0.3 is 0 Å². The lowest BCUT2D eigenvalue weighted by molar-refractivity contribution is 0.174. The molecule has 2 aromatic rings. The van der Waals surface area contributed by atoms with Crippen LogP contribution in [0.25, 0.3) is 0 Å². The Balaban J connectivity index is 1.55. The van der Waals surface area contributed by atoms with Crippen molar-refractivity contribution in [2.24, 2.45) is 0 Å². The number of aliphatic hydroxyl groups excluding tert-OH is 1. The van der Waals surface area contributed by atoms with Gasteiger partial charge in [0.05, 0.1) is 11.8 Å². The average molecular weight is 268 g/mol. The second kappa shape index (κ2) is 6.16. The number of nitrogens with one attached hydrogen (secondary N) is 1. The number of hydrogen-bond acceptors (Lipinski definition) is 3. The Labute approximate surface area is 119 Å². The number of nitrogens with zero attached hydrogens (tertiary/aromatic N) is 1. The minimum Gasteiger partial charge on any atom is -0.387 e. The summed E-state index contributed by atoms with van der Waals surface area (Å²) < 4.78 is 0. The third kappa shape index (κ3) is 3.06. The third-order valence-electron chi connectivity index (χ3n) is 3.88. The van der Waals surface area contributed by atoms with Crippen LogP contribution < -0.4 is 5.32 Å². The van der Waals surface area contributed by atoms with Crippen molar-refractivity contribution in [3.8, 4) is 0 Å². The summed E-state index contributed by atoms with van der Waals surface area (Å²) in [5.74, 6) is 0. The van der Waals surface area contributed by atoms with E-state index in [1.165, 1.54) is 24.0 Å². The molecule has 3 heteroatoms. The van der Waals surface area contributed by atoms with Crippen molar-refractivity contribution >= 4 is 0 Å². The van der Waals surface area contributed by atoms with E-state index in [1.807, 2.05) is 18.2 Å².